The van der Waals surface area contributed by atoms with Gasteiger partial charge in [-0.25, -0.2) is 0 Å². The van der Waals surface area contributed by atoms with Gasteiger partial charge < -0.3 is 10.0 Å². The van der Waals surface area contributed by atoms with E-state index >= 15 is 0 Å². The molecular formula is C14H18BrNO3. The quantitative estimate of drug-likeness (QED) is 0.924. The number of hydrogen-bond donors (Lipinski definition) is 1. The van der Waals surface area contributed by atoms with Crippen LogP contribution in [0.4, 0.5) is 0 Å². The van der Waals surface area contributed by atoms with E-state index in [1.807, 2.05) is 45.0 Å². The Hall–Kier alpha value is -1.36. The first-order valence-corrected chi connectivity index (χ1v) is 6.76. The standard InChI is InChI=1S/C14H18BrNO3/c1-14(2,3)16(9-13(18)19)12(17)8-10-5-4-6-11(15)7-10/h4-7H,8-9H2,1-3H3,(H,18,19). The lowest BCUT2D eigenvalue weighted by Gasteiger charge is -2.34. The van der Waals surface area contributed by atoms with Gasteiger partial charge in [-0.05, 0) is 38.5 Å². The van der Waals surface area contributed by atoms with Gasteiger partial charge in [0.25, 0.3) is 0 Å². The van der Waals surface area contributed by atoms with E-state index in [1.165, 1.54) is 4.90 Å². The fourth-order valence-electron chi connectivity index (χ4n) is 1.75. The third-order valence-corrected chi connectivity index (χ3v) is 3.14. The van der Waals surface area contributed by atoms with Crippen LogP contribution < -0.4 is 0 Å². The van der Waals surface area contributed by atoms with Crippen LogP contribution in [0.2, 0.25) is 0 Å². The molecule has 0 aliphatic carbocycles. The van der Waals surface area contributed by atoms with Crippen LogP contribution in [-0.2, 0) is 16.0 Å². The van der Waals surface area contributed by atoms with Gasteiger partial charge in [0.05, 0.1) is 6.42 Å². The van der Waals surface area contributed by atoms with Crippen LogP contribution in [0.1, 0.15) is 26.3 Å². The van der Waals surface area contributed by atoms with Crippen molar-refractivity contribution in [3.63, 3.8) is 0 Å². The minimum absolute atomic E-state index is 0.187. The molecule has 5 heteroatoms. The second-order valence-corrected chi connectivity index (χ2v) is 6.27. The molecule has 0 saturated carbocycles. The van der Waals surface area contributed by atoms with Gasteiger partial charge in [-0.15, -0.1) is 0 Å². The van der Waals surface area contributed by atoms with Gasteiger partial charge in [0.1, 0.15) is 6.54 Å². The van der Waals surface area contributed by atoms with E-state index in [4.69, 9.17) is 5.11 Å². The molecule has 0 aliphatic rings. The summed E-state index contributed by atoms with van der Waals surface area (Å²) in [6.07, 6.45) is 0.198. The van der Waals surface area contributed by atoms with E-state index in [0.29, 0.717) is 0 Å². The normalized spacial score (nSPS) is 11.2. The summed E-state index contributed by atoms with van der Waals surface area (Å²) in [7, 11) is 0. The number of carbonyl (C=O) groups excluding carboxylic acids is 1. The lowest BCUT2D eigenvalue weighted by molar-refractivity contribution is -0.147. The highest BCUT2D eigenvalue weighted by molar-refractivity contribution is 9.10. The predicted octanol–water partition coefficient (Wildman–Crippen LogP) is 2.70. The minimum Gasteiger partial charge on any atom is -0.480 e. The Morgan fingerprint density at radius 3 is 2.42 bits per heavy atom. The summed E-state index contributed by atoms with van der Waals surface area (Å²) in [5.41, 5.74) is 0.348. The van der Waals surface area contributed by atoms with E-state index < -0.39 is 11.5 Å². The number of rotatable bonds is 4. The van der Waals surface area contributed by atoms with Crippen molar-refractivity contribution < 1.29 is 14.7 Å². The highest BCUT2D eigenvalue weighted by Gasteiger charge is 2.28. The number of halogens is 1. The smallest absolute Gasteiger partial charge is 0.323 e. The van der Waals surface area contributed by atoms with Gasteiger partial charge in [-0.1, -0.05) is 28.1 Å². The van der Waals surface area contributed by atoms with Crippen LogP contribution in [0.5, 0.6) is 0 Å². The van der Waals surface area contributed by atoms with Gasteiger partial charge in [0, 0.05) is 10.0 Å². The van der Waals surface area contributed by atoms with Crippen LogP contribution in [0.3, 0.4) is 0 Å². The molecule has 104 valence electrons. The summed E-state index contributed by atoms with van der Waals surface area (Å²) < 4.78 is 0.901. The summed E-state index contributed by atoms with van der Waals surface area (Å²) in [5, 5.41) is 8.90. The van der Waals surface area contributed by atoms with Crippen molar-refractivity contribution in [2.24, 2.45) is 0 Å². The zero-order valence-corrected chi connectivity index (χ0v) is 12.9. The zero-order valence-electron chi connectivity index (χ0n) is 11.3. The summed E-state index contributed by atoms with van der Waals surface area (Å²) in [4.78, 5) is 24.5. The number of carboxylic acids is 1. The summed E-state index contributed by atoms with van der Waals surface area (Å²) >= 11 is 3.35. The molecule has 0 atom stereocenters. The molecule has 0 aliphatic heterocycles. The topological polar surface area (TPSA) is 57.6 Å². The van der Waals surface area contributed by atoms with Crippen molar-refractivity contribution in [2.75, 3.05) is 6.54 Å². The number of carbonyl (C=O) groups is 2. The summed E-state index contributed by atoms with van der Waals surface area (Å²) in [5.74, 6) is -1.19. The van der Waals surface area contributed by atoms with Gasteiger partial charge in [-0.3, -0.25) is 9.59 Å². The largest absolute Gasteiger partial charge is 0.480 e. The zero-order chi connectivity index (χ0) is 14.6. The van der Waals surface area contributed by atoms with Crippen LogP contribution in [-0.4, -0.2) is 34.0 Å². The number of carboxylic acid groups (broad SMARTS) is 1. The molecule has 0 fully saturated rings. The molecule has 1 N–H and O–H groups in total. The third kappa shape index (κ3) is 5.03. The summed E-state index contributed by atoms with van der Waals surface area (Å²) in [6, 6.07) is 7.45. The first-order valence-electron chi connectivity index (χ1n) is 5.97. The van der Waals surface area contributed by atoms with Crippen molar-refractivity contribution in [1.82, 2.24) is 4.90 Å². The summed E-state index contributed by atoms with van der Waals surface area (Å²) in [6.45, 7) is 5.20. The van der Waals surface area contributed by atoms with Crippen molar-refractivity contribution in [1.29, 1.82) is 0 Å². The second-order valence-electron chi connectivity index (χ2n) is 5.35. The third-order valence-electron chi connectivity index (χ3n) is 2.65. The van der Waals surface area contributed by atoms with E-state index in [2.05, 4.69) is 15.9 Å². The van der Waals surface area contributed by atoms with Crippen LogP contribution in [0.15, 0.2) is 28.7 Å². The SMILES string of the molecule is CC(C)(C)N(CC(=O)O)C(=O)Cc1cccc(Br)c1. The lowest BCUT2D eigenvalue weighted by Crippen LogP contribution is -2.48. The fraction of sp³-hybridized carbons (Fsp3) is 0.429. The molecule has 0 unspecified atom stereocenters. The molecule has 0 saturated heterocycles. The maximum atomic E-state index is 12.3. The highest BCUT2D eigenvalue weighted by Crippen LogP contribution is 2.17. The van der Waals surface area contributed by atoms with Gasteiger partial charge in [0.15, 0.2) is 0 Å². The van der Waals surface area contributed by atoms with Gasteiger partial charge >= 0.3 is 5.97 Å². The van der Waals surface area contributed by atoms with Crippen molar-refractivity contribution in [2.45, 2.75) is 32.7 Å². The molecule has 1 rings (SSSR count). The van der Waals surface area contributed by atoms with Crippen molar-refractivity contribution >= 4 is 27.8 Å². The molecule has 19 heavy (non-hydrogen) atoms. The molecule has 0 heterocycles. The molecule has 1 aromatic carbocycles. The van der Waals surface area contributed by atoms with E-state index in [1.54, 1.807) is 0 Å². The maximum absolute atomic E-state index is 12.3. The Kier molecular flexibility index (Phi) is 5.11. The minimum atomic E-state index is -1.00. The average Bonchev–Trinajstić information content (AvgIpc) is 2.24. The molecule has 1 amide bonds. The lowest BCUT2D eigenvalue weighted by atomic mass is 10.0. The Morgan fingerprint density at radius 1 is 1.32 bits per heavy atom. The Labute approximate surface area is 121 Å². The number of amides is 1. The molecule has 4 nitrogen and oxygen atoms in total. The molecule has 0 bridgehead atoms. The first kappa shape index (κ1) is 15.7. The number of aliphatic carboxylic acids is 1. The van der Waals surface area contributed by atoms with Crippen molar-refractivity contribution in [3.8, 4) is 0 Å². The molecule has 0 radical (unpaired) electrons. The molecule has 0 aromatic heterocycles. The van der Waals surface area contributed by atoms with Gasteiger partial charge in [0.2, 0.25) is 5.91 Å². The van der Waals surface area contributed by atoms with Crippen LogP contribution in [0.25, 0.3) is 0 Å². The highest BCUT2D eigenvalue weighted by atomic mass is 79.9. The number of benzene rings is 1. The molecule has 1 aromatic rings. The van der Waals surface area contributed by atoms with Crippen molar-refractivity contribution in [3.05, 3.63) is 34.3 Å². The predicted molar refractivity (Wildman–Crippen MR) is 76.9 cm³/mol. The first-order chi connectivity index (χ1) is 8.70. The number of hydrogen-bond acceptors (Lipinski definition) is 2. The Bertz CT molecular complexity index is 480. The van der Waals surface area contributed by atoms with Crippen LogP contribution in [0, 0.1) is 0 Å². The molecule has 0 spiro atoms. The molecular weight excluding hydrogens is 310 g/mol. The van der Waals surface area contributed by atoms with E-state index in [-0.39, 0.29) is 18.9 Å². The van der Waals surface area contributed by atoms with E-state index in [9.17, 15) is 9.59 Å². The number of nitrogens with zero attached hydrogens (tertiary/aromatic N) is 1. The monoisotopic (exact) mass is 327 g/mol. The Morgan fingerprint density at radius 2 is 1.95 bits per heavy atom. The maximum Gasteiger partial charge on any atom is 0.323 e. The van der Waals surface area contributed by atoms with Gasteiger partial charge in [-0.2, -0.15) is 0 Å². The Balaban J connectivity index is 2.86. The van der Waals surface area contributed by atoms with E-state index in [0.717, 1.165) is 10.0 Å². The average molecular weight is 328 g/mol. The van der Waals surface area contributed by atoms with Crippen LogP contribution >= 0.6 is 15.9 Å². The fourth-order valence-corrected chi connectivity index (χ4v) is 2.20. The second kappa shape index (κ2) is 6.19.